The van der Waals surface area contributed by atoms with Crippen molar-refractivity contribution < 1.29 is 9.47 Å². The Morgan fingerprint density at radius 3 is 2.86 bits per heavy atom. The Morgan fingerprint density at radius 2 is 2.14 bits per heavy atom. The van der Waals surface area contributed by atoms with E-state index in [1.54, 1.807) is 13.1 Å². The molecular formula is C14H19BrIN3O2. The van der Waals surface area contributed by atoms with Crippen molar-refractivity contribution in [2.45, 2.75) is 6.54 Å². The minimum Gasteiger partial charge on any atom is -0.486 e. The molecule has 0 atom stereocenters. The molecular weight excluding hydrogens is 449 g/mol. The molecule has 0 fully saturated rings. The van der Waals surface area contributed by atoms with Crippen LogP contribution >= 0.6 is 39.9 Å². The Balaban J connectivity index is 0.00000220. The van der Waals surface area contributed by atoms with Gasteiger partial charge in [0.2, 0.25) is 0 Å². The SMILES string of the molecule is C=CCNC(=NC)NCc1cc(Br)c2c(c1)OCCO2.I. The third kappa shape index (κ3) is 5.06. The molecule has 0 bridgehead atoms. The molecule has 0 saturated heterocycles. The summed E-state index contributed by atoms with van der Waals surface area (Å²) in [5.74, 6) is 2.28. The summed E-state index contributed by atoms with van der Waals surface area (Å²) in [7, 11) is 1.73. The number of halogens is 2. The second kappa shape index (κ2) is 9.14. The van der Waals surface area contributed by atoms with Gasteiger partial charge in [-0.05, 0) is 33.6 Å². The molecule has 1 aromatic rings. The normalized spacial score (nSPS) is 13.1. The van der Waals surface area contributed by atoms with Gasteiger partial charge in [0.15, 0.2) is 17.5 Å². The van der Waals surface area contributed by atoms with Crippen LogP contribution in [0.3, 0.4) is 0 Å². The van der Waals surface area contributed by atoms with Crippen molar-refractivity contribution in [3.8, 4) is 11.5 Å². The molecule has 1 aliphatic heterocycles. The van der Waals surface area contributed by atoms with E-state index in [1.807, 2.05) is 12.1 Å². The summed E-state index contributed by atoms with van der Waals surface area (Å²) in [5.41, 5.74) is 1.09. The summed E-state index contributed by atoms with van der Waals surface area (Å²) in [6, 6.07) is 3.99. The molecule has 1 aromatic carbocycles. The van der Waals surface area contributed by atoms with Crippen molar-refractivity contribution in [1.29, 1.82) is 0 Å². The molecule has 116 valence electrons. The van der Waals surface area contributed by atoms with E-state index in [0.717, 1.165) is 27.5 Å². The van der Waals surface area contributed by atoms with Gasteiger partial charge in [0.05, 0.1) is 4.47 Å². The fourth-order valence-corrected chi connectivity index (χ4v) is 2.45. The van der Waals surface area contributed by atoms with Crippen LogP contribution in [0.4, 0.5) is 0 Å². The zero-order valence-corrected chi connectivity index (χ0v) is 15.7. The standard InChI is InChI=1S/C14H18BrN3O2.HI/c1-3-4-17-14(16-2)18-9-10-7-11(15)13-12(8-10)19-5-6-20-13;/h3,7-8H,1,4-6,9H2,2H3,(H2,16,17,18);1H. The third-order valence-corrected chi connectivity index (χ3v) is 3.34. The van der Waals surface area contributed by atoms with Crippen LogP contribution in [0.5, 0.6) is 11.5 Å². The zero-order valence-electron chi connectivity index (χ0n) is 11.8. The van der Waals surface area contributed by atoms with Gasteiger partial charge in [-0.25, -0.2) is 0 Å². The lowest BCUT2D eigenvalue weighted by Crippen LogP contribution is -2.36. The van der Waals surface area contributed by atoms with Gasteiger partial charge in [0, 0.05) is 20.1 Å². The molecule has 0 unspecified atom stereocenters. The summed E-state index contributed by atoms with van der Waals surface area (Å²) in [6.07, 6.45) is 1.79. The summed E-state index contributed by atoms with van der Waals surface area (Å²) in [6.45, 7) is 6.15. The summed E-state index contributed by atoms with van der Waals surface area (Å²) >= 11 is 3.51. The summed E-state index contributed by atoms with van der Waals surface area (Å²) < 4.78 is 12.1. The first-order valence-electron chi connectivity index (χ1n) is 6.38. The smallest absolute Gasteiger partial charge is 0.191 e. The number of fused-ring (bicyclic) bond motifs is 1. The van der Waals surface area contributed by atoms with E-state index in [-0.39, 0.29) is 24.0 Å². The Hall–Kier alpha value is -0.960. The molecule has 0 radical (unpaired) electrons. The minimum absolute atomic E-state index is 0. The Bertz CT molecular complexity index is 523. The van der Waals surface area contributed by atoms with Crippen molar-refractivity contribution in [1.82, 2.24) is 10.6 Å². The molecule has 0 spiro atoms. The van der Waals surface area contributed by atoms with Gasteiger partial charge in [-0.15, -0.1) is 30.6 Å². The number of ether oxygens (including phenoxy) is 2. The Kier molecular flexibility index (Phi) is 7.87. The number of hydrogen-bond acceptors (Lipinski definition) is 3. The quantitative estimate of drug-likeness (QED) is 0.309. The second-order valence-corrected chi connectivity index (χ2v) is 5.05. The van der Waals surface area contributed by atoms with Crippen LogP contribution in [0.15, 0.2) is 34.3 Å². The first kappa shape index (κ1) is 18.1. The van der Waals surface area contributed by atoms with Crippen molar-refractivity contribution >= 4 is 45.9 Å². The van der Waals surface area contributed by atoms with Crippen molar-refractivity contribution in [2.75, 3.05) is 26.8 Å². The number of nitrogens with one attached hydrogen (secondary N) is 2. The van der Waals surface area contributed by atoms with Gasteiger partial charge in [-0.2, -0.15) is 0 Å². The highest BCUT2D eigenvalue weighted by Gasteiger charge is 2.16. The van der Waals surface area contributed by atoms with E-state index in [9.17, 15) is 0 Å². The predicted molar refractivity (Wildman–Crippen MR) is 98.9 cm³/mol. The van der Waals surface area contributed by atoms with E-state index >= 15 is 0 Å². The van der Waals surface area contributed by atoms with Crippen LogP contribution in [0, 0.1) is 0 Å². The average molecular weight is 468 g/mol. The van der Waals surface area contributed by atoms with Crippen LogP contribution in [0.25, 0.3) is 0 Å². The topological polar surface area (TPSA) is 54.9 Å². The lowest BCUT2D eigenvalue weighted by Gasteiger charge is -2.20. The third-order valence-electron chi connectivity index (χ3n) is 2.75. The molecule has 5 nitrogen and oxygen atoms in total. The van der Waals surface area contributed by atoms with E-state index in [4.69, 9.17) is 9.47 Å². The first-order valence-corrected chi connectivity index (χ1v) is 7.17. The van der Waals surface area contributed by atoms with Gasteiger partial charge >= 0.3 is 0 Å². The highest BCUT2D eigenvalue weighted by atomic mass is 127. The molecule has 0 saturated carbocycles. The molecule has 1 heterocycles. The molecule has 1 aliphatic rings. The molecule has 0 aromatic heterocycles. The van der Waals surface area contributed by atoms with Crippen molar-refractivity contribution in [2.24, 2.45) is 4.99 Å². The van der Waals surface area contributed by atoms with Crippen LogP contribution < -0.4 is 20.1 Å². The maximum atomic E-state index is 5.60. The van der Waals surface area contributed by atoms with E-state index in [2.05, 4.69) is 38.1 Å². The number of aliphatic imine (C=N–C) groups is 1. The van der Waals surface area contributed by atoms with Gasteiger partial charge < -0.3 is 20.1 Å². The number of rotatable bonds is 4. The molecule has 2 N–H and O–H groups in total. The van der Waals surface area contributed by atoms with E-state index in [0.29, 0.717) is 26.3 Å². The fraction of sp³-hybridized carbons (Fsp3) is 0.357. The highest BCUT2D eigenvalue weighted by molar-refractivity contribution is 14.0. The molecule has 0 aliphatic carbocycles. The number of benzene rings is 1. The largest absolute Gasteiger partial charge is 0.486 e. The van der Waals surface area contributed by atoms with Crippen molar-refractivity contribution in [3.63, 3.8) is 0 Å². The van der Waals surface area contributed by atoms with Gasteiger partial charge in [0.1, 0.15) is 13.2 Å². The minimum atomic E-state index is 0. The van der Waals surface area contributed by atoms with Crippen molar-refractivity contribution in [3.05, 3.63) is 34.8 Å². The zero-order chi connectivity index (χ0) is 14.4. The highest BCUT2D eigenvalue weighted by Crippen LogP contribution is 2.38. The van der Waals surface area contributed by atoms with E-state index < -0.39 is 0 Å². The number of nitrogens with zero attached hydrogens (tertiary/aromatic N) is 1. The average Bonchev–Trinajstić information content (AvgIpc) is 2.47. The Labute approximate surface area is 150 Å². The van der Waals surface area contributed by atoms with Crippen LogP contribution in [0.2, 0.25) is 0 Å². The summed E-state index contributed by atoms with van der Waals surface area (Å²) in [4.78, 5) is 4.13. The maximum absolute atomic E-state index is 5.60. The van der Waals surface area contributed by atoms with Crippen LogP contribution in [0.1, 0.15) is 5.56 Å². The van der Waals surface area contributed by atoms with Gasteiger partial charge in [0.25, 0.3) is 0 Å². The molecule has 0 amide bonds. The molecule has 7 heteroatoms. The van der Waals surface area contributed by atoms with Crippen LogP contribution in [-0.4, -0.2) is 32.8 Å². The maximum Gasteiger partial charge on any atom is 0.191 e. The van der Waals surface area contributed by atoms with Crippen LogP contribution in [-0.2, 0) is 6.54 Å². The number of guanidine groups is 1. The number of hydrogen-bond donors (Lipinski definition) is 2. The molecule has 21 heavy (non-hydrogen) atoms. The van der Waals surface area contributed by atoms with E-state index in [1.165, 1.54) is 0 Å². The first-order chi connectivity index (χ1) is 9.74. The Morgan fingerprint density at radius 1 is 1.38 bits per heavy atom. The second-order valence-electron chi connectivity index (χ2n) is 4.20. The predicted octanol–water partition coefficient (Wildman–Crippen LogP) is 2.69. The molecule has 2 rings (SSSR count). The lowest BCUT2D eigenvalue weighted by molar-refractivity contribution is 0.170. The monoisotopic (exact) mass is 467 g/mol. The fourth-order valence-electron chi connectivity index (χ4n) is 1.84. The van der Waals surface area contributed by atoms with Gasteiger partial charge in [-0.3, -0.25) is 4.99 Å². The summed E-state index contributed by atoms with van der Waals surface area (Å²) in [5, 5.41) is 6.35. The lowest BCUT2D eigenvalue weighted by atomic mass is 10.2. The van der Waals surface area contributed by atoms with Gasteiger partial charge in [-0.1, -0.05) is 6.08 Å².